The fourth-order valence-corrected chi connectivity index (χ4v) is 4.56. The van der Waals surface area contributed by atoms with Crippen molar-refractivity contribution >= 4 is 5.57 Å². The van der Waals surface area contributed by atoms with Crippen LogP contribution in [0.3, 0.4) is 0 Å². The molecule has 0 heterocycles. The molecule has 0 aliphatic heterocycles. The molecule has 1 unspecified atom stereocenters. The standard InChI is InChI=1S/C28H21F9O/c1-2-3-16-8-9-18(24(32)23(16)31)14-4-6-15(7-5-14)19-10-11-20(26(34)25(19)33)28(36,37)38-17-12-21(29)27(35)22(30)13-17/h6,8-14H,2-5,7H2,1H3. The Morgan fingerprint density at radius 1 is 0.816 bits per heavy atom. The lowest BCUT2D eigenvalue weighted by molar-refractivity contribution is -0.188. The first-order chi connectivity index (χ1) is 17.9. The molecule has 0 spiro atoms. The molecule has 0 amide bonds. The second-order valence-corrected chi connectivity index (χ2v) is 9.00. The maximum absolute atomic E-state index is 14.9. The molecule has 0 saturated heterocycles. The van der Waals surface area contributed by atoms with Crippen LogP contribution in [0, 0.1) is 40.7 Å². The van der Waals surface area contributed by atoms with Crippen molar-refractivity contribution in [3.8, 4) is 5.75 Å². The van der Waals surface area contributed by atoms with Gasteiger partial charge < -0.3 is 4.74 Å². The first-order valence-electron chi connectivity index (χ1n) is 11.8. The molecule has 0 radical (unpaired) electrons. The van der Waals surface area contributed by atoms with E-state index in [-0.39, 0.29) is 48.1 Å². The van der Waals surface area contributed by atoms with Crippen LogP contribution in [-0.4, -0.2) is 0 Å². The minimum Gasteiger partial charge on any atom is -0.429 e. The Labute approximate surface area is 212 Å². The van der Waals surface area contributed by atoms with Gasteiger partial charge in [0.15, 0.2) is 40.7 Å². The molecule has 0 fully saturated rings. The van der Waals surface area contributed by atoms with E-state index in [0.29, 0.717) is 24.5 Å². The molecule has 1 nitrogen and oxygen atoms in total. The predicted octanol–water partition coefficient (Wildman–Crippen LogP) is 9.09. The van der Waals surface area contributed by atoms with Gasteiger partial charge in [0.25, 0.3) is 0 Å². The van der Waals surface area contributed by atoms with Gasteiger partial charge in [0.1, 0.15) is 11.3 Å². The molecule has 202 valence electrons. The average Bonchev–Trinajstić information content (AvgIpc) is 2.87. The third-order valence-corrected chi connectivity index (χ3v) is 6.51. The Kier molecular flexibility index (Phi) is 7.80. The molecule has 0 N–H and O–H groups in total. The van der Waals surface area contributed by atoms with E-state index in [2.05, 4.69) is 4.74 Å². The summed E-state index contributed by atoms with van der Waals surface area (Å²) in [5, 5.41) is 0. The highest BCUT2D eigenvalue weighted by molar-refractivity contribution is 5.67. The van der Waals surface area contributed by atoms with Crippen LogP contribution in [0.1, 0.15) is 60.8 Å². The maximum atomic E-state index is 14.9. The fraction of sp³-hybridized carbons (Fsp3) is 0.286. The summed E-state index contributed by atoms with van der Waals surface area (Å²) in [6.07, 6.45) is -1.41. The highest BCUT2D eigenvalue weighted by Crippen LogP contribution is 2.41. The molecule has 3 aromatic rings. The Balaban J connectivity index is 1.56. The topological polar surface area (TPSA) is 9.23 Å². The molecule has 0 saturated carbocycles. The van der Waals surface area contributed by atoms with Crippen molar-refractivity contribution < 1.29 is 44.3 Å². The van der Waals surface area contributed by atoms with Gasteiger partial charge in [0.05, 0.1) is 0 Å². The average molecular weight is 544 g/mol. The monoisotopic (exact) mass is 544 g/mol. The molecule has 1 atom stereocenters. The van der Waals surface area contributed by atoms with Gasteiger partial charge in [0.2, 0.25) is 0 Å². The Morgan fingerprint density at radius 2 is 1.50 bits per heavy atom. The number of rotatable bonds is 7. The number of hydrogen-bond donors (Lipinski definition) is 0. The van der Waals surface area contributed by atoms with Gasteiger partial charge in [0, 0.05) is 17.7 Å². The molecular formula is C28H21F9O. The lowest BCUT2D eigenvalue weighted by Crippen LogP contribution is -2.24. The SMILES string of the molecule is CCCc1ccc(C2CC=C(c3ccc(C(F)(F)Oc4cc(F)c(F)c(F)c4)c(F)c3F)CC2)c(F)c1F. The zero-order valence-electron chi connectivity index (χ0n) is 20.0. The van der Waals surface area contributed by atoms with Crippen molar-refractivity contribution in [1.82, 2.24) is 0 Å². The van der Waals surface area contributed by atoms with E-state index in [1.807, 2.05) is 6.92 Å². The van der Waals surface area contributed by atoms with Crippen molar-refractivity contribution in [3.63, 3.8) is 0 Å². The van der Waals surface area contributed by atoms with Crippen LogP contribution in [0.25, 0.3) is 5.57 Å². The molecule has 0 bridgehead atoms. The third-order valence-electron chi connectivity index (χ3n) is 6.51. The van der Waals surface area contributed by atoms with Crippen LogP contribution in [0.4, 0.5) is 39.5 Å². The first-order valence-corrected chi connectivity index (χ1v) is 11.8. The largest absolute Gasteiger partial charge is 0.429 e. The van der Waals surface area contributed by atoms with Gasteiger partial charge in [-0.15, -0.1) is 0 Å². The second kappa shape index (κ2) is 10.7. The summed E-state index contributed by atoms with van der Waals surface area (Å²) in [7, 11) is 0. The van der Waals surface area contributed by atoms with Crippen molar-refractivity contribution in [2.24, 2.45) is 0 Å². The van der Waals surface area contributed by atoms with E-state index < -0.39 is 64.1 Å². The summed E-state index contributed by atoms with van der Waals surface area (Å²) in [6, 6.07) is 4.81. The molecule has 1 aliphatic rings. The summed E-state index contributed by atoms with van der Waals surface area (Å²) >= 11 is 0. The van der Waals surface area contributed by atoms with Crippen LogP contribution in [0.2, 0.25) is 0 Å². The number of alkyl halides is 2. The third kappa shape index (κ3) is 5.26. The van der Waals surface area contributed by atoms with Gasteiger partial charge in [-0.2, -0.15) is 8.78 Å². The molecule has 1 aliphatic carbocycles. The number of benzene rings is 3. The smallest absolute Gasteiger partial charge is 0.429 e. The normalized spacial score (nSPS) is 15.9. The zero-order valence-corrected chi connectivity index (χ0v) is 20.0. The highest BCUT2D eigenvalue weighted by atomic mass is 19.3. The fourth-order valence-electron chi connectivity index (χ4n) is 4.56. The summed E-state index contributed by atoms with van der Waals surface area (Å²) in [5.41, 5.74) is -1.11. The Morgan fingerprint density at radius 3 is 2.11 bits per heavy atom. The molecule has 0 aromatic heterocycles. The number of hydrogen-bond acceptors (Lipinski definition) is 1. The van der Waals surface area contributed by atoms with Crippen molar-refractivity contribution in [3.05, 3.63) is 105 Å². The van der Waals surface area contributed by atoms with E-state index in [0.717, 1.165) is 6.07 Å². The molecule has 3 aromatic carbocycles. The van der Waals surface area contributed by atoms with Crippen LogP contribution in [0.15, 0.2) is 42.5 Å². The van der Waals surface area contributed by atoms with Gasteiger partial charge in [-0.25, -0.2) is 30.7 Å². The van der Waals surface area contributed by atoms with Gasteiger partial charge in [-0.3, -0.25) is 0 Å². The number of ether oxygens (including phenoxy) is 1. The maximum Gasteiger partial charge on any atom is 0.429 e. The van der Waals surface area contributed by atoms with Crippen molar-refractivity contribution in [1.29, 1.82) is 0 Å². The van der Waals surface area contributed by atoms with Gasteiger partial charge >= 0.3 is 6.11 Å². The Hall–Kier alpha value is -3.43. The number of halogens is 9. The van der Waals surface area contributed by atoms with Crippen molar-refractivity contribution in [2.75, 3.05) is 0 Å². The quantitative estimate of drug-likeness (QED) is 0.213. The minimum atomic E-state index is -4.56. The first kappa shape index (κ1) is 27.6. The lowest BCUT2D eigenvalue weighted by Gasteiger charge is -2.24. The van der Waals surface area contributed by atoms with Crippen LogP contribution in [-0.2, 0) is 12.5 Å². The summed E-state index contributed by atoms with van der Waals surface area (Å²) in [5.74, 6) is -12.5. The molecular weight excluding hydrogens is 523 g/mol. The van der Waals surface area contributed by atoms with E-state index >= 15 is 0 Å². The minimum absolute atomic E-state index is 0.138. The summed E-state index contributed by atoms with van der Waals surface area (Å²) < 4.78 is 132. The van der Waals surface area contributed by atoms with Crippen molar-refractivity contribution in [2.45, 2.75) is 51.1 Å². The molecule has 10 heteroatoms. The second-order valence-electron chi connectivity index (χ2n) is 9.00. The lowest BCUT2D eigenvalue weighted by atomic mass is 9.81. The van der Waals surface area contributed by atoms with Gasteiger partial charge in [-0.05, 0) is 54.4 Å². The molecule has 4 rings (SSSR count). The zero-order chi connectivity index (χ0) is 27.8. The van der Waals surface area contributed by atoms with Gasteiger partial charge in [-0.1, -0.05) is 37.6 Å². The summed E-state index contributed by atoms with van der Waals surface area (Å²) in [6.45, 7) is 1.84. The molecule has 38 heavy (non-hydrogen) atoms. The van der Waals surface area contributed by atoms with Crippen LogP contribution >= 0.6 is 0 Å². The van der Waals surface area contributed by atoms with E-state index in [9.17, 15) is 39.5 Å². The van der Waals surface area contributed by atoms with Crippen LogP contribution < -0.4 is 4.74 Å². The number of allylic oxidation sites excluding steroid dienone is 2. The summed E-state index contributed by atoms with van der Waals surface area (Å²) in [4.78, 5) is 0. The van der Waals surface area contributed by atoms with Crippen LogP contribution in [0.5, 0.6) is 5.75 Å². The van der Waals surface area contributed by atoms with E-state index in [1.165, 1.54) is 18.2 Å². The highest BCUT2D eigenvalue weighted by Gasteiger charge is 2.40. The number of aryl methyl sites for hydroxylation is 1. The predicted molar refractivity (Wildman–Crippen MR) is 122 cm³/mol. The van der Waals surface area contributed by atoms with E-state index in [4.69, 9.17) is 0 Å². The van der Waals surface area contributed by atoms with E-state index in [1.54, 1.807) is 0 Å². The Bertz CT molecular complexity index is 1370.